The molecule has 1 aromatic carbocycles. The van der Waals surface area contributed by atoms with Crippen LogP contribution in [0.4, 0.5) is 0 Å². The van der Waals surface area contributed by atoms with E-state index in [0.29, 0.717) is 18.7 Å². The quantitative estimate of drug-likeness (QED) is 0.880. The number of carbonyl (C=O) groups excluding carboxylic acids is 1. The zero-order chi connectivity index (χ0) is 14.8. The van der Waals surface area contributed by atoms with E-state index in [-0.39, 0.29) is 12.3 Å². The number of rotatable bonds is 3. The molecule has 1 amide bonds. The van der Waals surface area contributed by atoms with Crippen molar-refractivity contribution in [1.82, 2.24) is 15.1 Å². The van der Waals surface area contributed by atoms with E-state index < -0.39 is 12.0 Å². The molecular weight excluding hydrogens is 270 g/mol. The third-order valence-electron chi connectivity index (χ3n) is 3.75. The molecule has 2 aromatic rings. The van der Waals surface area contributed by atoms with Gasteiger partial charge in [-0.05, 0) is 17.2 Å². The third-order valence-corrected chi connectivity index (χ3v) is 3.75. The molecule has 21 heavy (non-hydrogen) atoms. The lowest BCUT2D eigenvalue weighted by Gasteiger charge is -2.34. The molecule has 0 unspecified atom stereocenters. The fraction of sp³-hybridized carbons (Fsp3) is 0.267. The van der Waals surface area contributed by atoms with E-state index in [2.05, 4.69) is 10.2 Å². The second-order valence-corrected chi connectivity index (χ2v) is 5.11. The molecule has 0 saturated heterocycles. The van der Waals surface area contributed by atoms with Gasteiger partial charge in [0.1, 0.15) is 6.04 Å². The summed E-state index contributed by atoms with van der Waals surface area (Å²) >= 11 is 0. The van der Waals surface area contributed by atoms with Gasteiger partial charge < -0.3 is 10.0 Å². The van der Waals surface area contributed by atoms with Crippen LogP contribution in [0.25, 0.3) is 0 Å². The van der Waals surface area contributed by atoms with Crippen molar-refractivity contribution >= 4 is 11.9 Å². The van der Waals surface area contributed by atoms with Gasteiger partial charge >= 0.3 is 5.97 Å². The van der Waals surface area contributed by atoms with E-state index in [4.69, 9.17) is 0 Å². The number of aromatic nitrogens is 2. The summed E-state index contributed by atoms with van der Waals surface area (Å²) < 4.78 is 0. The maximum absolute atomic E-state index is 12.4. The van der Waals surface area contributed by atoms with Gasteiger partial charge in [0, 0.05) is 24.9 Å². The zero-order valence-corrected chi connectivity index (χ0v) is 11.3. The van der Waals surface area contributed by atoms with Gasteiger partial charge in [-0.15, -0.1) is 0 Å². The number of nitrogens with zero attached hydrogens (tertiary/aromatic N) is 2. The molecule has 0 aliphatic carbocycles. The zero-order valence-electron chi connectivity index (χ0n) is 11.3. The van der Waals surface area contributed by atoms with Crippen LogP contribution in [0.15, 0.2) is 36.5 Å². The summed E-state index contributed by atoms with van der Waals surface area (Å²) in [6.07, 6.45) is 2.05. The number of hydrogen-bond acceptors (Lipinski definition) is 3. The highest BCUT2D eigenvalue weighted by Crippen LogP contribution is 2.24. The molecule has 0 fully saturated rings. The van der Waals surface area contributed by atoms with E-state index in [0.717, 1.165) is 11.1 Å². The lowest BCUT2D eigenvalue weighted by atomic mass is 9.93. The molecular formula is C15H15N3O3. The molecule has 0 spiro atoms. The Labute approximate surface area is 121 Å². The summed E-state index contributed by atoms with van der Waals surface area (Å²) in [5.41, 5.74) is 2.69. The van der Waals surface area contributed by atoms with Crippen LogP contribution in [-0.2, 0) is 29.0 Å². The second kappa shape index (κ2) is 5.40. The number of benzene rings is 1. The van der Waals surface area contributed by atoms with Crippen molar-refractivity contribution in [3.63, 3.8) is 0 Å². The third kappa shape index (κ3) is 2.65. The fourth-order valence-corrected chi connectivity index (χ4v) is 2.65. The van der Waals surface area contributed by atoms with Gasteiger partial charge in [-0.3, -0.25) is 9.89 Å². The van der Waals surface area contributed by atoms with Gasteiger partial charge in [0.15, 0.2) is 0 Å². The van der Waals surface area contributed by atoms with Crippen molar-refractivity contribution in [2.24, 2.45) is 0 Å². The van der Waals surface area contributed by atoms with Gasteiger partial charge in [-0.2, -0.15) is 5.10 Å². The Bertz CT molecular complexity index is 667. The Morgan fingerprint density at radius 2 is 2.05 bits per heavy atom. The van der Waals surface area contributed by atoms with Crippen LogP contribution >= 0.6 is 0 Å². The van der Waals surface area contributed by atoms with Crippen LogP contribution in [0.1, 0.15) is 16.8 Å². The van der Waals surface area contributed by atoms with Crippen LogP contribution in [0.3, 0.4) is 0 Å². The Morgan fingerprint density at radius 1 is 1.29 bits per heavy atom. The summed E-state index contributed by atoms with van der Waals surface area (Å²) in [7, 11) is 0. The molecule has 0 bridgehead atoms. The molecule has 6 heteroatoms. The number of nitrogens with one attached hydrogen (secondary N) is 1. The molecule has 0 saturated carbocycles. The average Bonchev–Trinajstić information content (AvgIpc) is 2.98. The molecule has 2 heterocycles. The SMILES string of the molecule is O=C(O)[C@H]1Cc2ccccc2CN1C(=O)Cc1ccn[nH]1. The Morgan fingerprint density at radius 3 is 2.71 bits per heavy atom. The average molecular weight is 285 g/mol. The molecule has 6 nitrogen and oxygen atoms in total. The van der Waals surface area contributed by atoms with Crippen molar-refractivity contribution in [3.8, 4) is 0 Å². The lowest BCUT2D eigenvalue weighted by molar-refractivity contribution is -0.151. The monoisotopic (exact) mass is 285 g/mol. The Balaban J connectivity index is 1.85. The molecule has 1 atom stereocenters. The number of amides is 1. The summed E-state index contributed by atoms with van der Waals surface area (Å²) in [5.74, 6) is -1.18. The van der Waals surface area contributed by atoms with E-state index >= 15 is 0 Å². The Hall–Kier alpha value is -2.63. The topological polar surface area (TPSA) is 86.3 Å². The molecule has 3 rings (SSSR count). The summed E-state index contributed by atoms with van der Waals surface area (Å²) in [5, 5.41) is 15.9. The van der Waals surface area contributed by atoms with Crippen molar-refractivity contribution in [1.29, 1.82) is 0 Å². The first-order chi connectivity index (χ1) is 10.1. The van der Waals surface area contributed by atoms with Gasteiger partial charge in [-0.1, -0.05) is 24.3 Å². The number of aliphatic carboxylic acids is 1. The smallest absolute Gasteiger partial charge is 0.326 e. The van der Waals surface area contributed by atoms with Crippen LogP contribution in [-0.4, -0.2) is 38.1 Å². The summed E-state index contributed by atoms with van der Waals surface area (Å²) in [6, 6.07) is 8.55. The first-order valence-corrected chi connectivity index (χ1v) is 6.72. The van der Waals surface area contributed by atoms with Gasteiger partial charge in [0.05, 0.1) is 6.42 Å². The summed E-state index contributed by atoms with van der Waals surface area (Å²) in [6.45, 7) is 0.333. The highest BCUT2D eigenvalue weighted by Gasteiger charge is 2.34. The normalized spacial score (nSPS) is 17.3. The van der Waals surface area contributed by atoms with E-state index in [1.807, 2.05) is 24.3 Å². The van der Waals surface area contributed by atoms with Crippen molar-refractivity contribution in [3.05, 3.63) is 53.3 Å². The van der Waals surface area contributed by atoms with Crippen molar-refractivity contribution in [2.45, 2.75) is 25.4 Å². The van der Waals surface area contributed by atoms with Gasteiger partial charge in [0.2, 0.25) is 5.91 Å². The molecule has 108 valence electrons. The van der Waals surface area contributed by atoms with Crippen molar-refractivity contribution < 1.29 is 14.7 Å². The number of fused-ring (bicyclic) bond motifs is 1. The van der Waals surface area contributed by atoms with Crippen LogP contribution in [0, 0.1) is 0 Å². The molecule has 1 aromatic heterocycles. The molecule has 2 N–H and O–H groups in total. The van der Waals surface area contributed by atoms with Crippen molar-refractivity contribution in [2.75, 3.05) is 0 Å². The van der Waals surface area contributed by atoms with E-state index in [9.17, 15) is 14.7 Å². The number of carboxylic acid groups (broad SMARTS) is 1. The van der Waals surface area contributed by atoms with E-state index in [1.54, 1.807) is 12.3 Å². The first-order valence-electron chi connectivity index (χ1n) is 6.72. The van der Waals surface area contributed by atoms with Crippen LogP contribution < -0.4 is 0 Å². The number of carboxylic acids is 1. The maximum Gasteiger partial charge on any atom is 0.326 e. The standard InChI is InChI=1S/C15H15N3O3/c19-14(8-12-5-6-16-17-12)18-9-11-4-2-1-3-10(11)7-13(18)15(20)21/h1-6,13H,7-9H2,(H,16,17)(H,20,21)/t13-/m1/s1. The van der Waals surface area contributed by atoms with Gasteiger partial charge in [-0.25, -0.2) is 4.79 Å². The fourth-order valence-electron chi connectivity index (χ4n) is 2.65. The van der Waals surface area contributed by atoms with E-state index in [1.165, 1.54) is 4.90 Å². The predicted molar refractivity (Wildman–Crippen MR) is 74.4 cm³/mol. The minimum Gasteiger partial charge on any atom is -0.480 e. The number of aromatic amines is 1. The minimum atomic E-state index is -0.970. The molecule has 0 radical (unpaired) electrons. The highest BCUT2D eigenvalue weighted by atomic mass is 16.4. The Kier molecular flexibility index (Phi) is 3.43. The highest BCUT2D eigenvalue weighted by molar-refractivity contribution is 5.85. The maximum atomic E-state index is 12.4. The van der Waals surface area contributed by atoms with Gasteiger partial charge in [0.25, 0.3) is 0 Å². The van der Waals surface area contributed by atoms with Crippen LogP contribution in [0.2, 0.25) is 0 Å². The number of H-pyrrole nitrogens is 1. The molecule has 1 aliphatic heterocycles. The first kappa shape index (κ1) is 13.4. The largest absolute Gasteiger partial charge is 0.480 e. The molecule has 1 aliphatic rings. The lowest BCUT2D eigenvalue weighted by Crippen LogP contribution is -2.49. The minimum absolute atomic E-state index is 0.131. The number of carbonyl (C=O) groups is 2. The summed E-state index contributed by atoms with van der Waals surface area (Å²) in [4.78, 5) is 25.3. The van der Waals surface area contributed by atoms with Crippen LogP contribution in [0.5, 0.6) is 0 Å². The second-order valence-electron chi connectivity index (χ2n) is 5.11. The predicted octanol–water partition coefficient (Wildman–Crippen LogP) is 0.990. The number of hydrogen-bond donors (Lipinski definition) is 2.